The van der Waals surface area contributed by atoms with Crippen LogP contribution in [0.4, 0.5) is 13.2 Å². The molecule has 0 aromatic carbocycles. The van der Waals surface area contributed by atoms with Gasteiger partial charge in [0.25, 0.3) is 0 Å². The van der Waals surface area contributed by atoms with E-state index in [-0.39, 0.29) is 0 Å². The van der Waals surface area contributed by atoms with Gasteiger partial charge in [-0.25, -0.2) is 9.63 Å². The van der Waals surface area contributed by atoms with Crippen LogP contribution in [0.1, 0.15) is 41.5 Å². The molecule has 0 aliphatic rings. The summed E-state index contributed by atoms with van der Waals surface area (Å²) in [6, 6.07) is 0. The Morgan fingerprint density at radius 1 is 1.00 bits per heavy atom. The van der Waals surface area contributed by atoms with Gasteiger partial charge < -0.3 is 5.73 Å². The van der Waals surface area contributed by atoms with E-state index in [0.29, 0.717) is 0 Å². The van der Waals surface area contributed by atoms with Gasteiger partial charge in [0.15, 0.2) is 5.66 Å². The Morgan fingerprint density at radius 3 is 1.61 bits per heavy atom. The van der Waals surface area contributed by atoms with Crippen molar-refractivity contribution in [1.82, 2.24) is 10.3 Å². The van der Waals surface area contributed by atoms with E-state index in [1.54, 1.807) is 20.8 Å². The van der Waals surface area contributed by atoms with Gasteiger partial charge >= 0.3 is 6.18 Å². The first kappa shape index (κ1) is 17.8. The third-order valence-electron chi connectivity index (χ3n) is 2.53. The Labute approximate surface area is 108 Å². The van der Waals surface area contributed by atoms with Crippen LogP contribution in [-0.2, 0) is 11.0 Å². The first-order valence-corrected chi connectivity index (χ1v) is 6.58. The average Bonchev–Trinajstić information content (AvgIpc) is 2.07. The maximum Gasteiger partial charge on any atom is 0.421 e. The van der Waals surface area contributed by atoms with E-state index in [0.717, 1.165) is 0 Å². The molecule has 0 amide bonds. The van der Waals surface area contributed by atoms with Crippen molar-refractivity contribution in [3.8, 4) is 0 Å². The van der Waals surface area contributed by atoms with E-state index in [9.17, 15) is 17.4 Å². The van der Waals surface area contributed by atoms with Crippen molar-refractivity contribution < 1.29 is 17.4 Å². The highest BCUT2D eigenvalue weighted by atomic mass is 32.2. The summed E-state index contributed by atoms with van der Waals surface area (Å²) in [5, 5.41) is 0. The Hall–Kier alpha value is -0.180. The molecule has 4 nitrogen and oxygen atoms in total. The highest BCUT2D eigenvalue weighted by molar-refractivity contribution is 7.84. The minimum Gasteiger partial charge on any atom is -0.304 e. The van der Waals surface area contributed by atoms with Crippen molar-refractivity contribution in [2.45, 2.75) is 58.1 Å². The Morgan fingerprint density at radius 2 is 1.39 bits per heavy atom. The number of nitrogens with one attached hydrogen (secondary N) is 2. The van der Waals surface area contributed by atoms with E-state index in [2.05, 4.69) is 4.83 Å². The second-order valence-electron chi connectivity index (χ2n) is 6.16. The molecule has 1 unspecified atom stereocenters. The molecule has 110 valence electrons. The molecule has 0 bridgehead atoms. The Kier molecular flexibility index (Phi) is 5.02. The molecule has 0 aliphatic carbocycles. The molecule has 0 aliphatic heterocycles. The van der Waals surface area contributed by atoms with Crippen molar-refractivity contribution in [2.24, 2.45) is 11.1 Å². The van der Waals surface area contributed by atoms with Gasteiger partial charge in [0.1, 0.15) is 11.0 Å². The van der Waals surface area contributed by atoms with Crippen LogP contribution in [0.2, 0.25) is 0 Å². The molecule has 0 aromatic rings. The quantitative estimate of drug-likeness (QED) is 0.548. The fourth-order valence-corrected chi connectivity index (χ4v) is 1.52. The zero-order chi connectivity index (χ0) is 15.0. The minimum absolute atomic E-state index is 0.697. The van der Waals surface area contributed by atoms with Gasteiger partial charge in [0.05, 0.1) is 4.75 Å². The maximum absolute atomic E-state index is 13.0. The largest absolute Gasteiger partial charge is 0.421 e. The van der Waals surface area contributed by atoms with E-state index in [4.69, 9.17) is 5.73 Å². The maximum atomic E-state index is 13.0. The molecule has 0 aromatic heterocycles. The highest BCUT2D eigenvalue weighted by Gasteiger charge is 2.59. The topological polar surface area (TPSA) is 67.2 Å². The lowest BCUT2D eigenvalue weighted by Crippen LogP contribution is -2.74. The molecule has 0 heterocycles. The molecule has 0 saturated heterocycles. The molecule has 0 radical (unpaired) electrons. The van der Waals surface area contributed by atoms with Crippen LogP contribution in [-0.4, -0.2) is 20.8 Å². The van der Waals surface area contributed by atoms with Gasteiger partial charge in [0.2, 0.25) is 0 Å². The van der Waals surface area contributed by atoms with E-state index in [1.165, 1.54) is 20.8 Å². The third-order valence-corrected chi connectivity index (χ3v) is 3.93. The molecule has 0 rings (SSSR count). The van der Waals surface area contributed by atoms with Crippen LogP contribution < -0.4 is 16.0 Å². The SMILES string of the molecule is CC(C)(C)S(=O)NN[C@](N)(C(C)(C)C)C(F)(F)F. The van der Waals surface area contributed by atoms with Gasteiger partial charge in [-0.15, -0.1) is 0 Å². The van der Waals surface area contributed by atoms with Gasteiger partial charge in [-0.05, 0) is 20.8 Å². The summed E-state index contributed by atoms with van der Waals surface area (Å²) in [7, 11) is -1.69. The average molecular weight is 289 g/mol. The monoisotopic (exact) mass is 289 g/mol. The van der Waals surface area contributed by atoms with E-state index < -0.39 is 33.0 Å². The summed E-state index contributed by atoms with van der Waals surface area (Å²) in [5.41, 5.74) is 3.41. The summed E-state index contributed by atoms with van der Waals surface area (Å²) in [6.07, 6.45) is -4.68. The third kappa shape index (κ3) is 3.91. The van der Waals surface area contributed by atoms with Crippen molar-refractivity contribution in [2.75, 3.05) is 0 Å². The summed E-state index contributed by atoms with van der Waals surface area (Å²) in [6.45, 7) is 8.99. The van der Waals surface area contributed by atoms with Crippen LogP contribution in [0.15, 0.2) is 0 Å². The minimum atomic E-state index is -4.68. The number of hydrazine groups is 1. The van der Waals surface area contributed by atoms with E-state index >= 15 is 0 Å². The summed E-state index contributed by atoms with van der Waals surface area (Å²) >= 11 is 0. The number of alkyl halides is 3. The lowest BCUT2D eigenvalue weighted by Gasteiger charge is -2.43. The fourth-order valence-electron chi connectivity index (χ4n) is 0.964. The summed E-state index contributed by atoms with van der Waals surface area (Å²) in [5.74, 6) is 0. The van der Waals surface area contributed by atoms with Crippen LogP contribution >= 0.6 is 0 Å². The van der Waals surface area contributed by atoms with Gasteiger partial charge in [0, 0.05) is 5.41 Å². The molecule has 0 spiro atoms. The van der Waals surface area contributed by atoms with Gasteiger partial charge in [-0.2, -0.15) is 18.0 Å². The lowest BCUT2D eigenvalue weighted by molar-refractivity contribution is -0.226. The van der Waals surface area contributed by atoms with Gasteiger partial charge in [-0.3, -0.25) is 0 Å². The van der Waals surface area contributed by atoms with Crippen LogP contribution in [0.5, 0.6) is 0 Å². The van der Waals surface area contributed by atoms with Crippen molar-refractivity contribution in [3.63, 3.8) is 0 Å². The lowest BCUT2D eigenvalue weighted by atomic mass is 9.81. The summed E-state index contributed by atoms with van der Waals surface area (Å²) < 4.78 is 50.0. The smallest absolute Gasteiger partial charge is 0.304 e. The van der Waals surface area contributed by atoms with Crippen LogP contribution in [0, 0.1) is 5.41 Å². The van der Waals surface area contributed by atoms with Crippen molar-refractivity contribution in [3.05, 3.63) is 0 Å². The van der Waals surface area contributed by atoms with Crippen molar-refractivity contribution >= 4 is 11.0 Å². The zero-order valence-corrected chi connectivity index (χ0v) is 12.3. The molecule has 0 fully saturated rings. The predicted molar refractivity (Wildman–Crippen MR) is 66.6 cm³/mol. The van der Waals surface area contributed by atoms with Crippen molar-refractivity contribution in [1.29, 1.82) is 0 Å². The second-order valence-corrected chi connectivity index (χ2v) is 8.13. The Balaban J connectivity index is 5.04. The van der Waals surface area contributed by atoms with Crippen LogP contribution in [0.25, 0.3) is 0 Å². The first-order chi connectivity index (χ1) is 7.63. The normalized spacial score (nSPS) is 19.4. The van der Waals surface area contributed by atoms with Gasteiger partial charge in [-0.1, -0.05) is 20.8 Å². The molecule has 2 atom stereocenters. The molecule has 18 heavy (non-hydrogen) atoms. The molecular formula is C10H22F3N3OS. The number of nitrogens with two attached hydrogens (primary N) is 1. The molecule has 4 N–H and O–H groups in total. The Bertz CT molecular complexity index is 304. The zero-order valence-electron chi connectivity index (χ0n) is 11.5. The standard InChI is InChI=1S/C10H22F3N3OS/c1-7(2,3)9(14,10(11,12)13)15-16-18(17)8(4,5)6/h15-16H,14H2,1-6H3/t9-,18?/m1/s1. The summed E-state index contributed by atoms with van der Waals surface area (Å²) in [4.78, 5) is 2.15. The fraction of sp³-hybridized carbons (Fsp3) is 1.00. The highest BCUT2D eigenvalue weighted by Crippen LogP contribution is 2.39. The van der Waals surface area contributed by atoms with Crippen LogP contribution in [0.3, 0.4) is 0 Å². The second kappa shape index (κ2) is 5.07. The molecule has 0 saturated carbocycles. The predicted octanol–water partition coefficient (Wildman–Crippen LogP) is 1.81. The molecular weight excluding hydrogens is 267 g/mol. The first-order valence-electron chi connectivity index (χ1n) is 5.43. The number of halogens is 3. The van der Waals surface area contributed by atoms with E-state index in [1.807, 2.05) is 5.43 Å². The number of hydrogen-bond donors (Lipinski definition) is 3. The number of hydrogen-bond acceptors (Lipinski definition) is 3. The number of rotatable bonds is 3. The molecule has 8 heteroatoms.